The Morgan fingerprint density at radius 3 is 2.70 bits per heavy atom. The number of aromatic nitrogens is 3. The summed E-state index contributed by atoms with van der Waals surface area (Å²) in [6.45, 7) is 7.60. The van der Waals surface area contributed by atoms with Crippen molar-refractivity contribution in [2.45, 2.75) is 63.1 Å². The number of nitrogens with one attached hydrogen (secondary N) is 2. The van der Waals surface area contributed by atoms with Crippen LogP contribution >= 0.6 is 0 Å². The topological polar surface area (TPSA) is 84.3 Å². The first-order valence-electron chi connectivity index (χ1n) is 10.5. The Bertz CT molecular complexity index is 630. The quantitative estimate of drug-likeness (QED) is 0.797. The fraction of sp³-hybridized carbons (Fsp3) is 0.842. The molecule has 150 valence electrons. The van der Waals surface area contributed by atoms with Crippen LogP contribution in [0.1, 0.15) is 62.0 Å². The van der Waals surface area contributed by atoms with E-state index in [0.717, 1.165) is 65.1 Å². The van der Waals surface area contributed by atoms with E-state index in [1.165, 1.54) is 12.8 Å². The molecule has 1 aromatic rings. The number of hydrogen-bond donors (Lipinski definition) is 2. The van der Waals surface area contributed by atoms with Crippen molar-refractivity contribution in [2.24, 2.45) is 0 Å². The lowest BCUT2D eigenvalue weighted by Gasteiger charge is -2.47. The molecule has 1 saturated carbocycles. The summed E-state index contributed by atoms with van der Waals surface area (Å²) in [4.78, 5) is 15.4. The van der Waals surface area contributed by atoms with Crippen LogP contribution in [0.15, 0.2) is 6.20 Å². The van der Waals surface area contributed by atoms with Crippen molar-refractivity contribution in [1.82, 2.24) is 30.5 Å². The molecule has 0 spiro atoms. The van der Waals surface area contributed by atoms with Gasteiger partial charge in [0, 0.05) is 24.7 Å². The van der Waals surface area contributed by atoms with Crippen LogP contribution in [-0.4, -0.2) is 76.8 Å². The minimum Gasteiger partial charge on any atom is -0.379 e. The number of carbonyl (C=O) groups excluding carboxylic acids is 1. The maximum atomic E-state index is 12.9. The number of piperidine rings is 1. The molecule has 3 fully saturated rings. The third-order valence-corrected chi connectivity index (χ3v) is 6.69. The van der Waals surface area contributed by atoms with Gasteiger partial charge in [-0.25, -0.2) is 4.68 Å². The lowest BCUT2D eigenvalue weighted by Crippen LogP contribution is -2.62. The molecule has 1 aliphatic carbocycles. The molecule has 27 heavy (non-hydrogen) atoms. The molecule has 0 aromatic carbocycles. The molecule has 1 aromatic heterocycles. The molecule has 2 N–H and O–H groups in total. The van der Waals surface area contributed by atoms with Crippen LogP contribution in [0.5, 0.6) is 0 Å². The van der Waals surface area contributed by atoms with Crippen LogP contribution in [0.4, 0.5) is 0 Å². The molecule has 4 rings (SSSR count). The van der Waals surface area contributed by atoms with Gasteiger partial charge >= 0.3 is 0 Å². The highest BCUT2D eigenvalue weighted by atomic mass is 16.5. The van der Waals surface area contributed by atoms with Crippen molar-refractivity contribution in [1.29, 1.82) is 0 Å². The highest BCUT2D eigenvalue weighted by molar-refractivity contribution is 5.92. The zero-order chi connectivity index (χ0) is 18.7. The maximum Gasteiger partial charge on any atom is 0.273 e. The van der Waals surface area contributed by atoms with Gasteiger partial charge < -0.3 is 15.4 Å². The van der Waals surface area contributed by atoms with Crippen molar-refractivity contribution in [3.05, 3.63) is 11.9 Å². The molecule has 2 aliphatic heterocycles. The third-order valence-electron chi connectivity index (χ3n) is 6.69. The molecule has 0 bridgehead atoms. The van der Waals surface area contributed by atoms with Crippen LogP contribution < -0.4 is 10.6 Å². The van der Waals surface area contributed by atoms with E-state index in [0.29, 0.717) is 11.7 Å². The van der Waals surface area contributed by atoms with E-state index in [4.69, 9.17) is 4.74 Å². The minimum absolute atomic E-state index is 0.0461. The largest absolute Gasteiger partial charge is 0.379 e. The van der Waals surface area contributed by atoms with Gasteiger partial charge in [0.1, 0.15) is 0 Å². The number of carbonyl (C=O) groups is 1. The Kier molecular flexibility index (Phi) is 5.75. The molecule has 8 heteroatoms. The zero-order valence-electron chi connectivity index (χ0n) is 16.3. The summed E-state index contributed by atoms with van der Waals surface area (Å²) in [6, 6.07) is 0.418. The van der Waals surface area contributed by atoms with E-state index >= 15 is 0 Å². The van der Waals surface area contributed by atoms with Crippen molar-refractivity contribution in [2.75, 3.05) is 39.4 Å². The first-order chi connectivity index (χ1) is 13.2. The Morgan fingerprint density at radius 2 is 2.00 bits per heavy atom. The summed E-state index contributed by atoms with van der Waals surface area (Å²) in [5.41, 5.74) is 0.473. The monoisotopic (exact) mass is 376 g/mol. The number of hydrogen-bond acceptors (Lipinski definition) is 6. The van der Waals surface area contributed by atoms with Gasteiger partial charge in [-0.15, -0.1) is 5.10 Å². The van der Waals surface area contributed by atoms with Crippen LogP contribution in [0.2, 0.25) is 0 Å². The predicted molar refractivity (Wildman–Crippen MR) is 102 cm³/mol. The number of ether oxygens (including phenoxy) is 1. The van der Waals surface area contributed by atoms with Gasteiger partial charge in [-0.05, 0) is 45.7 Å². The van der Waals surface area contributed by atoms with Crippen molar-refractivity contribution >= 4 is 5.91 Å². The van der Waals surface area contributed by atoms with E-state index < -0.39 is 0 Å². The lowest BCUT2D eigenvalue weighted by atomic mass is 9.86. The highest BCUT2D eigenvalue weighted by Gasteiger charge is 2.45. The fourth-order valence-corrected chi connectivity index (χ4v) is 5.05. The van der Waals surface area contributed by atoms with Crippen LogP contribution in [-0.2, 0) is 4.74 Å². The van der Waals surface area contributed by atoms with E-state index in [2.05, 4.69) is 32.8 Å². The summed E-state index contributed by atoms with van der Waals surface area (Å²) >= 11 is 0. The third kappa shape index (κ3) is 3.88. The van der Waals surface area contributed by atoms with E-state index in [9.17, 15) is 4.79 Å². The average Bonchev–Trinajstić information content (AvgIpc) is 3.40. The molecule has 0 radical (unpaired) electrons. The Hall–Kier alpha value is -1.51. The van der Waals surface area contributed by atoms with Gasteiger partial charge in [0.05, 0.1) is 25.5 Å². The van der Waals surface area contributed by atoms with Gasteiger partial charge in [-0.2, -0.15) is 0 Å². The molecule has 1 unspecified atom stereocenters. The standard InChI is InChI=1S/C19H32N6O2/c1-15(19(6-2-3-7-19)24-10-12-27-13-11-24)21-18(26)17-14-25(23-22-17)16-4-8-20-9-5-16/h14-16,20H,2-13H2,1H3,(H,21,26). The lowest BCUT2D eigenvalue weighted by molar-refractivity contribution is -0.0323. The zero-order valence-corrected chi connectivity index (χ0v) is 16.3. The van der Waals surface area contributed by atoms with E-state index in [1.807, 2.05) is 10.9 Å². The van der Waals surface area contributed by atoms with Gasteiger partial charge in [0.15, 0.2) is 5.69 Å². The number of morpholine rings is 1. The van der Waals surface area contributed by atoms with Gasteiger partial charge in [-0.1, -0.05) is 18.1 Å². The van der Waals surface area contributed by atoms with Crippen molar-refractivity contribution in [3.8, 4) is 0 Å². The fourth-order valence-electron chi connectivity index (χ4n) is 5.05. The first-order valence-corrected chi connectivity index (χ1v) is 10.5. The van der Waals surface area contributed by atoms with Gasteiger partial charge in [0.2, 0.25) is 0 Å². The van der Waals surface area contributed by atoms with Crippen molar-refractivity contribution in [3.63, 3.8) is 0 Å². The molecule has 1 atom stereocenters. The second-order valence-electron chi connectivity index (χ2n) is 8.17. The number of nitrogens with zero attached hydrogens (tertiary/aromatic N) is 4. The summed E-state index contributed by atoms with van der Waals surface area (Å²) in [5, 5.41) is 15.0. The summed E-state index contributed by atoms with van der Waals surface area (Å²) in [6.07, 6.45) is 8.59. The normalized spacial score (nSPS) is 25.4. The Balaban J connectivity index is 1.42. The van der Waals surface area contributed by atoms with E-state index in [1.54, 1.807) is 0 Å². The number of amides is 1. The van der Waals surface area contributed by atoms with Crippen molar-refractivity contribution < 1.29 is 9.53 Å². The van der Waals surface area contributed by atoms with Crippen LogP contribution in [0, 0.1) is 0 Å². The van der Waals surface area contributed by atoms with E-state index in [-0.39, 0.29) is 17.5 Å². The molecule has 3 heterocycles. The molecular weight excluding hydrogens is 344 g/mol. The average molecular weight is 377 g/mol. The molecule has 8 nitrogen and oxygen atoms in total. The molecule has 2 saturated heterocycles. The number of rotatable bonds is 5. The summed E-state index contributed by atoms with van der Waals surface area (Å²) in [5.74, 6) is -0.109. The summed E-state index contributed by atoms with van der Waals surface area (Å²) < 4.78 is 7.41. The minimum atomic E-state index is -0.109. The summed E-state index contributed by atoms with van der Waals surface area (Å²) in [7, 11) is 0. The first kappa shape index (κ1) is 18.8. The predicted octanol–water partition coefficient (Wildman–Crippen LogP) is 0.966. The SMILES string of the molecule is CC(NC(=O)c1cn(C2CCNCC2)nn1)C1(N2CCOCC2)CCCC1. The Morgan fingerprint density at radius 1 is 1.30 bits per heavy atom. The molecule has 3 aliphatic rings. The maximum absolute atomic E-state index is 12.9. The highest BCUT2D eigenvalue weighted by Crippen LogP contribution is 2.38. The Labute approximate surface area is 161 Å². The second-order valence-corrected chi connectivity index (χ2v) is 8.17. The van der Waals surface area contributed by atoms with Gasteiger partial charge in [0.25, 0.3) is 5.91 Å². The van der Waals surface area contributed by atoms with Crippen LogP contribution in [0.3, 0.4) is 0 Å². The molecular formula is C19H32N6O2. The second kappa shape index (κ2) is 8.24. The van der Waals surface area contributed by atoms with Gasteiger partial charge in [-0.3, -0.25) is 9.69 Å². The molecule has 1 amide bonds. The smallest absolute Gasteiger partial charge is 0.273 e. The van der Waals surface area contributed by atoms with Crippen LogP contribution in [0.25, 0.3) is 0 Å².